The molecule has 0 bridgehead atoms. The van der Waals surface area contributed by atoms with Gasteiger partial charge in [-0.1, -0.05) is 19.1 Å². The lowest BCUT2D eigenvalue weighted by Gasteiger charge is -2.15. The Bertz CT molecular complexity index is 368. The first-order valence-electron chi connectivity index (χ1n) is 5.71. The van der Waals surface area contributed by atoms with Crippen LogP contribution in [0.2, 0.25) is 0 Å². The highest BCUT2D eigenvalue weighted by Crippen LogP contribution is 2.14. The van der Waals surface area contributed by atoms with Crippen molar-refractivity contribution in [2.75, 3.05) is 6.26 Å². The molecule has 1 aromatic carbocycles. The summed E-state index contributed by atoms with van der Waals surface area (Å²) in [7, 11) is 0. The Morgan fingerprint density at radius 3 is 2.33 bits per heavy atom. The number of nitrogens with two attached hydrogens (primary N) is 1. The van der Waals surface area contributed by atoms with Gasteiger partial charge in [0, 0.05) is 23.4 Å². The molecule has 0 heterocycles. The molecular weight excluding hydrogens is 268 g/mol. The van der Waals surface area contributed by atoms with Crippen LogP contribution in [-0.2, 0) is 11.3 Å². The number of carbonyl (C=O) groups excluding carboxylic acids is 1. The predicted molar refractivity (Wildman–Crippen MR) is 80.1 cm³/mol. The van der Waals surface area contributed by atoms with Crippen LogP contribution in [0.15, 0.2) is 29.2 Å². The maximum absolute atomic E-state index is 11.7. The van der Waals surface area contributed by atoms with Crippen LogP contribution >= 0.6 is 24.2 Å². The summed E-state index contributed by atoms with van der Waals surface area (Å²) in [6.45, 7) is 4.25. The second-order valence-corrected chi connectivity index (χ2v) is 5.09. The summed E-state index contributed by atoms with van der Waals surface area (Å²) in [5.41, 5.74) is 6.78. The molecule has 0 aliphatic rings. The molecule has 0 radical (unpaired) electrons. The molecule has 0 saturated heterocycles. The molecule has 2 atom stereocenters. The summed E-state index contributed by atoms with van der Waals surface area (Å²) >= 11 is 1.71. The summed E-state index contributed by atoms with van der Waals surface area (Å²) in [6.07, 6.45) is 2.04. The number of rotatable bonds is 5. The van der Waals surface area contributed by atoms with Gasteiger partial charge in [0.2, 0.25) is 5.91 Å². The van der Waals surface area contributed by atoms with Gasteiger partial charge < -0.3 is 11.1 Å². The lowest BCUT2D eigenvalue weighted by Crippen LogP contribution is -2.38. The molecule has 3 N–H and O–H groups in total. The number of benzene rings is 1. The van der Waals surface area contributed by atoms with Crippen LogP contribution in [0.1, 0.15) is 19.4 Å². The Kier molecular flexibility index (Phi) is 8.07. The maximum Gasteiger partial charge on any atom is 0.224 e. The van der Waals surface area contributed by atoms with Crippen LogP contribution in [-0.4, -0.2) is 18.2 Å². The third-order valence-electron chi connectivity index (χ3n) is 2.83. The fourth-order valence-corrected chi connectivity index (χ4v) is 1.74. The fraction of sp³-hybridized carbons (Fsp3) is 0.462. The van der Waals surface area contributed by atoms with E-state index in [0.717, 1.165) is 5.56 Å². The first kappa shape index (κ1) is 17.3. The van der Waals surface area contributed by atoms with Crippen LogP contribution in [0.4, 0.5) is 0 Å². The van der Waals surface area contributed by atoms with Gasteiger partial charge in [-0.3, -0.25) is 4.79 Å². The van der Waals surface area contributed by atoms with Crippen molar-refractivity contribution in [3.05, 3.63) is 29.8 Å². The number of carbonyl (C=O) groups is 1. The number of hydrogen-bond acceptors (Lipinski definition) is 3. The van der Waals surface area contributed by atoms with Crippen molar-refractivity contribution in [2.24, 2.45) is 11.7 Å². The Morgan fingerprint density at radius 2 is 1.89 bits per heavy atom. The SMILES string of the molecule is CSc1ccc(CNC(=O)C(C)C(C)N)cc1.Cl. The van der Waals surface area contributed by atoms with E-state index in [0.29, 0.717) is 6.54 Å². The van der Waals surface area contributed by atoms with Gasteiger partial charge in [0.05, 0.1) is 0 Å². The van der Waals surface area contributed by atoms with Gasteiger partial charge in [0.25, 0.3) is 0 Å². The van der Waals surface area contributed by atoms with E-state index in [1.165, 1.54) is 4.90 Å². The highest BCUT2D eigenvalue weighted by Gasteiger charge is 2.16. The summed E-state index contributed by atoms with van der Waals surface area (Å²) in [4.78, 5) is 12.9. The molecule has 3 nitrogen and oxygen atoms in total. The van der Waals surface area contributed by atoms with E-state index in [1.807, 2.05) is 32.2 Å². The average molecular weight is 289 g/mol. The smallest absolute Gasteiger partial charge is 0.224 e. The molecule has 0 aromatic heterocycles. The van der Waals surface area contributed by atoms with Gasteiger partial charge in [0.15, 0.2) is 0 Å². The zero-order chi connectivity index (χ0) is 12.8. The largest absolute Gasteiger partial charge is 0.352 e. The molecule has 5 heteroatoms. The Labute approximate surface area is 119 Å². The summed E-state index contributed by atoms with van der Waals surface area (Å²) in [6, 6.07) is 8.06. The number of amides is 1. The van der Waals surface area contributed by atoms with E-state index in [9.17, 15) is 4.79 Å². The summed E-state index contributed by atoms with van der Waals surface area (Å²) < 4.78 is 0. The van der Waals surface area contributed by atoms with Crippen molar-refractivity contribution >= 4 is 30.1 Å². The molecule has 1 rings (SSSR count). The second-order valence-electron chi connectivity index (χ2n) is 4.21. The average Bonchev–Trinajstić information content (AvgIpc) is 2.35. The Morgan fingerprint density at radius 1 is 1.33 bits per heavy atom. The molecule has 1 aromatic rings. The second kappa shape index (κ2) is 8.40. The minimum atomic E-state index is -0.152. The van der Waals surface area contributed by atoms with Crippen LogP contribution < -0.4 is 11.1 Å². The van der Waals surface area contributed by atoms with Crippen LogP contribution in [0, 0.1) is 5.92 Å². The fourth-order valence-electron chi connectivity index (χ4n) is 1.33. The molecule has 0 spiro atoms. The Balaban J connectivity index is 0.00000289. The van der Waals surface area contributed by atoms with Gasteiger partial charge in [-0.05, 0) is 30.9 Å². The van der Waals surface area contributed by atoms with Gasteiger partial charge in [-0.2, -0.15) is 0 Å². The van der Waals surface area contributed by atoms with Gasteiger partial charge >= 0.3 is 0 Å². The van der Waals surface area contributed by atoms with Crippen molar-refractivity contribution in [2.45, 2.75) is 31.3 Å². The zero-order valence-electron chi connectivity index (χ0n) is 11.0. The van der Waals surface area contributed by atoms with E-state index >= 15 is 0 Å². The first-order valence-corrected chi connectivity index (χ1v) is 6.93. The molecule has 2 unspecified atom stereocenters. The zero-order valence-corrected chi connectivity index (χ0v) is 12.6. The molecule has 0 aliphatic carbocycles. The van der Waals surface area contributed by atoms with Crippen molar-refractivity contribution in [3.8, 4) is 0 Å². The molecule has 0 fully saturated rings. The van der Waals surface area contributed by atoms with E-state index in [-0.39, 0.29) is 30.3 Å². The Hall–Kier alpha value is -0.710. The van der Waals surface area contributed by atoms with E-state index in [1.54, 1.807) is 11.8 Å². The maximum atomic E-state index is 11.7. The molecule has 102 valence electrons. The molecule has 0 aliphatic heterocycles. The number of halogens is 1. The van der Waals surface area contributed by atoms with E-state index in [4.69, 9.17) is 5.73 Å². The van der Waals surface area contributed by atoms with Gasteiger partial charge in [-0.25, -0.2) is 0 Å². The standard InChI is InChI=1S/C13H20N2OS.ClH/c1-9(10(2)14)13(16)15-8-11-4-6-12(17-3)7-5-11;/h4-7,9-10H,8,14H2,1-3H3,(H,15,16);1H. The third-order valence-corrected chi connectivity index (χ3v) is 3.57. The summed E-state index contributed by atoms with van der Waals surface area (Å²) in [5.74, 6) is -0.144. The summed E-state index contributed by atoms with van der Waals surface area (Å²) in [5, 5.41) is 2.89. The molecule has 1 amide bonds. The lowest BCUT2D eigenvalue weighted by molar-refractivity contribution is -0.125. The topological polar surface area (TPSA) is 55.1 Å². The highest BCUT2D eigenvalue weighted by atomic mass is 35.5. The van der Waals surface area contributed by atoms with Crippen molar-refractivity contribution < 1.29 is 4.79 Å². The van der Waals surface area contributed by atoms with Gasteiger partial charge in [-0.15, -0.1) is 24.2 Å². The molecule has 0 saturated carbocycles. The molecule has 18 heavy (non-hydrogen) atoms. The highest BCUT2D eigenvalue weighted by molar-refractivity contribution is 7.98. The molecular formula is C13H21ClN2OS. The van der Waals surface area contributed by atoms with Crippen molar-refractivity contribution in [1.82, 2.24) is 5.32 Å². The van der Waals surface area contributed by atoms with E-state index < -0.39 is 0 Å². The van der Waals surface area contributed by atoms with E-state index in [2.05, 4.69) is 17.4 Å². The minimum absolute atomic E-state index is 0. The van der Waals surface area contributed by atoms with Crippen molar-refractivity contribution in [3.63, 3.8) is 0 Å². The lowest BCUT2D eigenvalue weighted by atomic mass is 10.0. The first-order chi connectivity index (χ1) is 8.04. The van der Waals surface area contributed by atoms with Crippen LogP contribution in [0.5, 0.6) is 0 Å². The predicted octanol–water partition coefficient (Wildman–Crippen LogP) is 2.43. The monoisotopic (exact) mass is 288 g/mol. The van der Waals surface area contributed by atoms with Crippen molar-refractivity contribution in [1.29, 1.82) is 0 Å². The van der Waals surface area contributed by atoms with Crippen LogP contribution in [0.25, 0.3) is 0 Å². The van der Waals surface area contributed by atoms with Crippen LogP contribution in [0.3, 0.4) is 0 Å². The number of hydrogen-bond donors (Lipinski definition) is 2. The minimum Gasteiger partial charge on any atom is -0.352 e. The third kappa shape index (κ3) is 5.29. The number of thioether (sulfide) groups is 1. The quantitative estimate of drug-likeness (QED) is 0.818. The normalized spacial score (nSPS) is 13.3. The number of nitrogens with one attached hydrogen (secondary N) is 1. The van der Waals surface area contributed by atoms with Gasteiger partial charge in [0.1, 0.15) is 0 Å².